The second-order valence-electron chi connectivity index (χ2n) is 6.39. The van der Waals surface area contributed by atoms with Crippen molar-refractivity contribution in [3.05, 3.63) is 59.0 Å². The van der Waals surface area contributed by atoms with Crippen LogP contribution >= 0.6 is 0 Å². The Labute approximate surface area is 144 Å². The Balaban J connectivity index is 1.96. The van der Waals surface area contributed by atoms with Crippen molar-refractivity contribution in [3.8, 4) is 0 Å². The molecule has 1 aromatic heterocycles. The Morgan fingerprint density at radius 3 is 2.42 bits per heavy atom. The highest BCUT2D eigenvalue weighted by Crippen LogP contribution is 2.21. The van der Waals surface area contributed by atoms with Crippen LogP contribution in [-0.4, -0.2) is 43.5 Å². The van der Waals surface area contributed by atoms with Gasteiger partial charge >= 0.3 is 6.03 Å². The molecule has 1 N–H and O–H groups in total. The van der Waals surface area contributed by atoms with E-state index in [0.29, 0.717) is 13.1 Å². The predicted molar refractivity (Wildman–Crippen MR) is 95.9 cm³/mol. The van der Waals surface area contributed by atoms with Gasteiger partial charge in [-0.1, -0.05) is 24.3 Å². The van der Waals surface area contributed by atoms with E-state index in [4.69, 9.17) is 4.42 Å². The maximum atomic E-state index is 12.4. The molecule has 0 spiro atoms. The fourth-order valence-corrected chi connectivity index (χ4v) is 2.73. The summed E-state index contributed by atoms with van der Waals surface area (Å²) in [5, 5.41) is 3.02. The number of urea groups is 1. The van der Waals surface area contributed by atoms with Gasteiger partial charge in [0, 0.05) is 13.6 Å². The molecule has 2 rings (SSSR count). The number of nitrogens with one attached hydrogen (secondary N) is 1. The molecule has 130 valence electrons. The molecule has 0 saturated carbocycles. The predicted octanol–water partition coefficient (Wildman–Crippen LogP) is 3.34. The van der Waals surface area contributed by atoms with Gasteiger partial charge in [-0.25, -0.2) is 4.79 Å². The van der Waals surface area contributed by atoms with Gasteiger partial charge in [-0.2, -0.15) is 0 Å². The number of carbonyl (C=O) groups excluding carboxylic acids is 1. The fourth-order valence-electron chi connectivity index (χ4n) is 2.73. The summed E-state index contributed by atoms with van der Waals surface area (Å²) < 4.78 is 5.52. The smallest absolute Gasteiger partial charge is 0.317 e. The number of carbonyl (C=O) groups is 1. The number of likely N-dealkylation sites (N-methyl/N-ethyl adjacent to an activating group) is 1. The molecule has 0 aliphatic heterocycles. The van der Waals surface area contributed by atoms with Gasteiger partial charge in [0.15, 0.2) is 0 Å². The third-order valence-corrected chi connectivity index (χ3v) is 4.15. The number of rotatable bonds is 6. The van der Waals surface area contributed by atoms with E-state index in [1.54, 1.807) is 11.9 Å². The Morgan fingerprint density at radius 2 is 1.83 bits per heavy atom. The Morgan fingerprint density at radius 1 is 1.12 bits per heavy atom. The topological polar surface area (TPSA) is 48.7 Å². The zero-order chi connectivity index (χ0) is 17.7. The van der Waals surface area contributed by atoms with Gasteiger partial charge in [0.2, 0.25) is 0 Å². The normalized spacial score (nSPS) is 12.2. The van der Waals surface area contributed by atoms with Crippen LogP contribution in [0.4, 0.5) is 4.79 Å². The minimum Gasteiger partial charge on any atom is -0.464 e. The van der Waals surface area contributed by atoms with Crippen LogP contribution in [0.3, 0.4) is 0 Å². The molecule has 5 nitrogen and oxygen atoms in total. The quantitative estimate of drug-likeness (QED) is 0.884. The Bertz CT molecular complexity index is 679. The van der Waals surface area contributed by atoms with Gasteiger partial charge in [-0.05, 0) is 51.2 Å². The van der Waals surface area contributed by atoms with Crippen molar-refractivity contribution in [2.24, 2.45) is 0 Å². The van der Waals surface area contributed by atoms with Crippen LogP contribution in [0, 0.1) is 13.8 Å². The molecule has 0 saturated heterocycles. The van der Waals surface area contributed by atoms with Crippen LogP contribution in [0.15, 0.2) is 40.8 Å². The molecule has 5 heteroatoms. The number of nitrogens with zero attached hydrogens (tertiary/aromatic N) is 2. The molecule has 0 aliphatic carbocycles. The van der Waals surface area contributed by atoms with Gasteiger partial charge in [0.25, 0.3) is 0 Å². The van der Waals surface area contributed by atoms with E-state index in [-0.39, 0.29) is 12.1 Å². The van der Waals surface area contributed by atoms with E-state index in [1.165, 1.54) is 11.1 Å². The van der Waals surface area contributed by atoms with E-state index in [9.17, 15) is 4.79 Å². The van der Waals surface area contributed by atoms with Crippen LogP contribution in [0.25, 0.3) is 0 Å². The van der Waals surface area contributed by atoms with E-state index in [2.05, 4.69) is 29.3 Å². The number of hydrogen-bond donors (Lipinski definition) is 1. The highest BCUT2D eigenvalue weighted by atomic mass is 16.3. The molecule has 1 heterocycles. The number of benzene rings is 1. The van der Waals surface area contributed by atoms with Crippen molar-refractivity contribution in [1.82, 2.24) is 15.1 Å². The first-order valence-corrected chi connectivity index (χ1v) is 8.14. The lowest BCUT2D eigenvalue weighted by Crippen LogP contribution is -2.41. The molecule has 0 bridgehead atoms. The second-order valence-corrected chi connectivity index (χ2v) is 6.39. The fraction of sp³-hybridized carbons (Fsp3) is 0.421. The molecule has 1 unspecified atom stereocenters. The summed E-state index contributed by atoms with van der Waals surface area (Å²) in [7, 11) is 5.82. The summed E-state index contributed by atoms with van der Waals surface area (Å²) in [5.41, 5.74) is 2.46. The lowest BCUT2D eigenvalue weighted by Gasteiger charge is -2.27. The zero-order valence-corrected chi connectivity index (χ0v) is 15.2. The number of furan rings is 1. The lowest BCUT2D eigenvalue weighted by atomic mass is 10.0. The summed E-state index contributed by atoms with van der Waals surface area (Å²) in [4.78, 5) is 16.1. The third kappa shape index (κ3) is 4.61. The first-order chi connectivity index (χ1) is 11.4. The number of hydrogen-bond acceptors (Lipinski definition) is 3. The summed E-state index contributed by atoms with van der Waals surface area (Å²) in [6.45, 7) is 5.00. The molecule has 0 aliphatic rings. The van der Waals surface area contributed by atoms with Crippen LogP contribution < -0.4 is 5.32 Å². The van der Waals surface area contributed by atoms with Gasteiger partial charge < -0.3 is 19.5 Å². The molecular weight excluding hydrogens is 302 g/mol. The molecular formula is C19H27N3O2. The summed E-state index contributed by atoms with van der Waals surface area (Å²) in [6.07, 6.45) is 0. The van der Waals surface area contributed by atoms with E-state index < -0.39 is 0 Å². The third-order valence-electron chi connectivity index (χ3n) is 4.15. The lowest BCUT2D eigenvalue weighted by molar-refractivity contribution is 0.197. The van der Waals surface area contributed by atoms with Crippen molar-refractivity contribution in [3.63, 3.8) is 0 Å². The molecule has 24 heavy (non-hydrogen) atoms. The number of aryl methyl sites for hydroxylation is 2. The highest BCUT2D eigenvalue weighted by molar-refractivity contribution is 5.73. The van der Waals surface area contributed by atoms with Crippen molar-refractivity contribution in [2.45, 2.75) is 26.4 Å². The molecule has 0 radical (unpaired) electrons. The molecule has 2 amide bonds. The van der Waals surface area contributed by atoms with E-state index in [1.807, 2.05) is 45.3 Å². The summed E-state index contributed by atoms with van der Waals surface area (Å²) in [5.74, 6) is 1.64. The van der Waals surface area contributed by atoms with Gasteiger partial charge in [0.1, 0.15) is 11.5 Å². The van der Waals surface area contributed by atoms with E-state index in [0.717, 1.165) is 11.5 Å². The average Bonchev–Trinajstić information content (AvgIpc) is 2.93. The van der Waals surface area contributed by atoms with Crippen molar-refractivity contribution < 1.29 is 9.21 Å². The van der Waals surface area contributed by atoms with E-state index >= 15 is 0 Å². The van der Waals surface area contributed by atoms with Crippen LogP contribution in [0.1, 0.15) is 28.7 Å². The minimum atomic E-state index is -0.107. The second kappa shape index (κ2) is 8.02. The van der Waals surface area contributed by atoms with Crippen molar-refractivity contribution in [2.75, 3.05) is 27.7 Å². The average molecular weight is 329 g/mol. The van der Waals surface area contributed by atoms with Crippen LogP contribution in [0.2, 0.25) is 0 Å². The molecule has 0 fully saturated rings. The first-order valence-electron chi connectivity index (χ1n) is 8.14. The van der Waals surface area contributed by atoms with Crippen LogP contribution in [0.5, 0.6) is 0 Å². The summed E-state index contributed by atoms with van der Waals surface area (Å²) >= 11 is 0. The molecule has 1 aromatic carbocycles. The Kier molecular flexibility index (Phi) is 6.04. The number of amides is 2. The Hall–Kier alpha value is -2.27. The van der Waals surface area contributed by atoms with Crippen molar-refractivity contribution in [1.29, 1.82) is 0 Å². The van der Waals surface area contributed by atoms with Gasteiger partial charge in [-0.3, -0.25) is 0 Å². The standard InChI is InChI=1S/C19H27N3O2/c1-14-8-6-7-9-17(14)18(21(3)4)12-20-19(23)22(5)13-16-11-10-15(2)24-16/h6-11,18H,12-13H2,1-5H3,(H,20,23). The monoisotopic (exact) mass is 329 g/mol. The van der Waals surface area contributed by atoms with Gasteiger partial charge in [0.05, 0.1) is 12.6 Å². The highest BCUT2D eigenvalue weighted by Gasteiger charge is 2.18. The summed E-state index contributed by atoms with van der Waals surface area (Å²) in [6, 6.07) is 12.1. The zero-order valence-electron chi connectivity index (χ0n) is 15.2. The SMILES string of the molecule is Cc1ccc(CN(C)C(=O)NCC(c2ccccc2C)N(C)C)o1. The maximum Gasteiger partial charge on any atom is 0.317 e. The first kappa shape index (κ1) is 18.1. The van der Waals surface area contributed by atoms with Gasteiger partial charge in [-0.15, -0.1) is 0 Å². The largest absolute Gasteiger partial charge is 0.464 e. The van der Waals surface area contributed by atoms with Crippen molar-refractivity contribution >= 4 is 6.03 Å². The minimum absolute atomic E-state index is 0.107. The van der Waals surface area contributed by atoms with Crippen LogP contribution in [-0.2, 0) is 6.54 Å². The maximum absolute atomic E-state index is 12.4. The molecule has 2 aromatic rings. The molecule has 1 atom stereocenters.